The van der Waals surface area contributed by atoms with E-state index in [1.807, 2.05) is 25.1 Å². The van der Waals surface area contributed by atoms with Crippen LogP contribution in [0.15, 0.2) is 35.3 Å². The fraction of sp³-hybridized carbons (Fsp3) is 0.467. The van der Waals surface area contributed by atoms with Crippen LogP contribution >= 0.6 is 0 Å². The monoisotopic (exact) mass is 229 g/mol. The number of ketones is 1. The quantitative estimate of drug-likeness (QED) is 0.783. The lowest BCUT2D eigenvalue weighted by Crippen LogP contribution is -2.41. The summed E-state index contributed by atoms with van der Waals surface area (Å²) < 4.78 is 0. The van der Waals surface area contributed by atoms with Gasteiger partial charge in [0.15, 0.2) is 0 Å². The molecule has 0 amide bonds. The molecule has 2 rings (SSSR count). The lowest BCUT2D eigenvalue weighted by molar-refractivity contribution is -0.123. The Hall–Kier alpha value is -1.44. The minimum absolute atomic E-state index is 0.252. The normalized spacial score (nSPS) is 24.2. The summed E-state index contributed by atoms with van der Waals surface area (Å²) in [4.78, 5) is 16.6. The molecule has 1 atom stereocenters. The minimum Gasteiger partial charge on any atom is -0.299 e. The van der Waals surface area contributed by atoms with Gasteiger partial charge in [-0.25, -0.2) is 0 Å². The average Bonchev–Trinajstić information content (AvgIpc) is 2.33. The Balaban J connectivity index is 2.33. The van der Waals surface area contributed by atoms with Crippen molar-refractivity contribution < 1.29 is 4.79 Å². The average molecular weight is 229 g/mol. The van der Waals surface area contributed by atoms with Gasteiger partial charge in [0.05, 0.1) is 5.41 Å². The summed E-state index contributed by atoms with van der Waals surface area (Å²) in [6.07, 6.45) is 2.74. The molecule has 0 spiro atoms. The van der Waals surface area contributed by atoms with Crippen LogP contribution in [0.4, 0.5) is 0 Å². The fourth-order valence-corrected chi connectivity index (χ4v) is 2.68. The van der Waals surface area contributed by atoms with Gasteiger partial charge in [0.1, 0.15) is 5.78 Å². The first-order valence-corrected chi connectivity index (χ1v) is 6.22. The maximum Gasteiger partial charge on any atom is 0.141 e. The summed E-state index contributed by atoms with van der Waals surface area (Å²) in [5.74, 6) is 0.252. The zero-order valence-electron chi connectivity index (χ0n) is 10.6. The van der Waals surface area contributed by atoms with Gasteiger partial charge in [-0.3, -0.25) is 9.79 Å². The number of Topliss-reactive ketones (excluding diaryl/α,β-unsaturated/α-hetero) is 1. The molecule has 1 aromatic carbocycles. The molecule has 1 aliphatic rings. The predicted molar refractivity (Wildman–Crippen MR) is 70.5 cm³/mol. The summed E-state index contributed by atoms with van der Waals surface area (Å²) in [5.41, 5.74) is 1.89. The van der Waals surface area contributed by atoms with E-state index in [1.165, 1.54) is 5.56 Å². The van der Waals surface area contributed by atoms with Gasteiger partial charge >= 0.3 is 0 Å². The molecule has 0 saturated heterocycles. The standard InChI is InChI=1S/C15H19NO/c1-12-15(13(2)17,9-6-10-16-12)11-14-7-4-3-5-8-14/h3-5,7-8H,6,9-11H2,1-2H3/t15-/m1/s1. The van der Waals surface area contributed by atoms with Gasteiger partial charge in [0.25, 0.3) is 0 Å². The molecular weight excluding hydrogens is 210 g/mol. The molecule has 0 unspecified atom stereocenters. The number of carbonyl (C=O) groups excluding carboxylic acids is 1. The van der Waals surface area contributed by atoms with Crippen LogP contribution in [0.2, 0.25) is 0 Å². The maximum atomic E-state index is 12.1. The highest BCUT2D eigenvalue weighted by Crippen LogP contribution is 2.34. The van der Waals surface area contributed by atoms with Crippen LogP contribution < -0.4 is 0 Å². The summed E-state index contributed by atoms with van der Waals surface area (Å²) in [6, 6.07) is 10.2. The first-order valence-electron chi connectivity index (χ1n) is 6.22. The van der Waals surface area contributed by atoms with Gasteiger partial charge in [-0.15, -0.1) is 0 Å². The zero-order chi connectivity index (χ0) is 12.3. The van der Waals surface area contributed by atoms with E-state index in [1.54, 1.807) is 6.92 Å². The largest absolute Gasteiger partial charge is 0.299 e. The summed E-state index contributed by atoms with van der Waals surface area (Å²) in [5, 5.41) is 0. The molecular formula is C15H19NO. The molecule has 0 radical (unpaired) electrons. The maximum absolute atomic E-state index is 12.1. The van der Waals surface area contributed by atoms with Crippen molar-refractivity contribution in [1.29, 1.82) is 0 Å². The number of nitrogens with zero attached hydrogens (tertiary/aromatic N) is 1. The van der Waals surface area contributed by atoms with Crippen LogP contribution in [-0.4, -0.2) is 18.0 Å². The Kier molecular flexibility index (Phi) is 3.41. The second-order valence-corrected chi connectivity index (χ2v) is 4.87. The second kappa shape index (κ2) is 4.82. The summed E-state index contributed by atoms with van der Waals surface area (Å²) in [7, 11) is 0. The van der Waals surface area contributed by atoms with Gasteiger partial charge in [-0.05, 0) is 38.7 Å². The van der Waals surface area contributed by atoms with E-state index >= 15 is 0 Å². The van der Waals surface area contributed by atoms with Crippen LogP contribution in [0.1, 0.15) is 32.3 Å². The number of aliphatic imine (C=N–C) groups is 1. The summed E-state index contributed by atoms with van der Waals surface area (Å²) >= 11 is 0. The molecule has 2 nitrogen and oxygen atoms in total. The number of hydrogen-bond acceptors (Lipinski definition) is 2. The smallest absolute Gasteiger partial charge is 0.141 e. The lowest BCUT2D eigenvalue weighted by Gasteiger charge is -2.34. The van der Waals surface area contributed by atoms with Gasteiger partial charge in [0.2, 0.25) is 0 Å². The van der Waals surface area contributed by atoms with E-state index in [0.717, 1.165) is 31.5 Å². The highest BCUT2D eigenvalue weighted by atomic mass is 16.1. The Morgan fingerprint density at radius 2 is 2.06 bits per heavy atom. The van der Waals surface area contributed by atoms with Crippen molar-refractivity contribution in [2.75, 3.05) is 6.54 Å². The van der Waals surface area contributed by atoms with E-state index in [2.05, 4.69) is 17.1 Å². The number of carbonyl (C=O) groups is 1. The molecule has 0 bridgehead atoms. The Morgan fingerprint density at radius 1 is 1.35 bits per heavy atom. The lowest BCUT2D eigenvalue weighted by atomic mass is 9.70. The van der Waals surface area contributed by atoms with Crippen molar-refractivity contribution in [1.82, 2.24) is 0 Å². The first-order chi connectivity index (χ1) is 8.15. The van der Waals surface area contributed by atoms with E-state index in [0.29, 0.717) is 0 Å². The second-order valence-electron chi connectivity index (χ2n) is 4.87. The SMILES string of the molecule is CC(=O)[C@@]1(Cc2ccccc2)CCCN=C1C. The van der Waals surface area contributed by atoms with Crippen molar-refractivity contribution in [3.8, 4) is 0 Å². The van der Waals surface area contributed by atoms with Gasteiger partial charge in [-0.1, -0.05) is 30.3 Å². The topological polar surface area (TPSA) is 29.4 Å². The summed E-state index contributed by atoms with van der Waals surface area (Å²) in [6.45, 7) is 4.58. The number of hydrogen-bond donors (Lipinski definition) is 0. The molecule has 17 heavy (non-hydrogen) atoms. The molecule has 2 heteroatoms. The molecule has 0 fully saturated rings. The third kappa shape index (κ3) is 2.31. The predicted octanol–water partition coefficient (Wildman–Crippen LogP) is 3.06. The Morgan fingerprint density at radius 3 is 2.65 bits per heavy atom. The molecule has 0 N–H and O–H groups in total. The zero-order valence-corrected chi connectivity index (χ0v) is 10.6. The van der Waals surface area contributed by atoms with E-state index in [-0.39, 0.29) is 11.2 Å². The molecule has 1 heterocycles. The highest BCUT2D eigenvalue weighted by Gasteiger charge is 2.39. The van der Waals surface area contributed by atoms with Crippen molar-refractivity contribution in [3.05, 3.63) is 35.9 Å². The van der Waals surface area contributed by atoms with Crippen LogP contribution in [-0.2, 0) is 11.2 Å². The fourth-order valence-electron chi connectivity index (χ4n) is 2.68. The minimum atomic E-state index is -0.348. The van der Waals surface area contributed by atoms with Gasteiger partial charge in [0, 0.05) is 12.3 Å². The van der Waals surface area contributed by atoms with Crippen LogP contribution in [0.5, 0.6) is 0 Å². The highest BCUT2D eigenvalue weighted by molar-refractivity contribution is 6.08. The number of rotatable bonds is 3. The third-order valence-electron chi connectivity index (χ3n) is 3.83. The van der Waals surface area contributed by atoms with Crippen molar-refractivity contribution in [2.24, 2.45) is 10.4 Å². The molecule has 1 aliphatic heterocycles. The van der Waals surface area contributed by atoms with Gasteiger partial charge < -0.3 is 0 Å². The Labute approximate surface area is 103 Å². The van der Waals surface area contributed by atoms with E-state index in [9.17, 15) is 4.79 Å². The molecule has 90 valence electrons. The van der Waals surface area contributed by atoms with Crippen LogP contribution in [0.3, 0.4) is 0 Å². The number of benzene rings is 1. The van der Waals surface area contributed by atoms with E-state index in [4.69, 9.17) is 0 Å². The van der Waals surface area contributed by atoms with Crippen molar-refractivity contribution in [3.63, 3.8) is 0 Å². The van der Waals surface area contributed by atoms with Crippen molar-refractivity contribution in [2.45, 2.75) is 33.1 Å². The molecule has 0 aromatic heterocycles. The van der Waals surface area contributed by atoms with Gasteiger partial charge in [-0.2, -0.15) is 0 Å². The van der Waals surface area contributed by atoms with Crippen LogP contribution in [0.25, 0.3) is 0 Å². The third-order valence-corrected chi connectivity index (χ3v) is 3.83. The molecule has 1 aromatic rings. The molecule has 0 saturated carbocycles. The first kappa shape index (κ1) is 12.0. The Bertz CT molecular complexity index is 435. The van der Waals surface area contributed by atoms with Crippen molar-refractivity contribution >= 4 is 11.5 Å². The molecule has 0 aliphatic carbocycles. The van der Waals surface area contributed by atoms with E-state index < -0.39 is 0 Å². The van der Waals surface area contributed by atoms with Crippen LogP contribution in [0, 0.1) is 5.41 Å².